The molecule has 196 valence electrons. The van der Waals surface area contributed by atoms with E-state index in [2.05, 4.69) is 30.2 Å². The van der Waals surface area contributed by atoms with E-state index in [-0.39, 0.29) is 17.3 Å². The summed E-state index contributed by atoms with van der Waals surface area (Å²) in [6, 6.07) is 5.65. The second-order valence-electron chi connectivity index (χ2n) is 9.10. The van der Waals surface area contributed by atoms with Gasteiger partial charge in [-0.2, -0.15) is 0 Å². The summed E-state index contributed by atoms with van der Waals surface area (Å²) in [6.45, 7) is 0.693. The number of pyridine rings is 1. The van der Waals surface area contributed by atoms with Gasteiger partial charge in [0.05, 0.1) is 36.0 Å². The maximum absolute atomic E-state index is 15.1. The number of thioether (sulfide) groups is 1. The number of fused-ring (bicyclic) bond motifs is 2. The van der Waals surface area contributed by atoms with E-state index in [1.165, 1.54) is 44.0 Å². The van der Waals surface area contributed by atoms with Crippen molar-refractivity contribution >= 4 is 39.5 Å². The summed E-state index contributed by atoms with van der Waals surface area (Å²) in [5, 5.41) is 12.7. The number of amidine groups is 1. The third-order valence-corrected chi connectivity index (χ3v) is 8.11. The van der Waals surface area contributed by atoms with E-state index in [9.17, 15) is 13.9 Å². The van der Waals surface area contributed by atoms with Crippen molar-refractivity contribution in [3.05, 3.63) is 66.5 Å². The number of aliphatic imine (C=N–C) groups is 1. The highest BCUT2D eigenvalue weighted by atomic mass is 32.2. The minimum atomic E-state index is -3.29. The molecule has 0 amide bonds. The average Bonchev–Trinajstić information content (AvgIpc) is 3.19. The summed E-state index contributed by atoms with van der Waals surface area (Å²) < 4.78 is 53.9. The van der Waals surface area contributed by atoms with Gasteiger partial charge in [0.2, 0.25) is 5.89 Å². The molecule has 1 unspecified atom stereocenters. The zero-order valence-electron chi connectivity index (χ0n) is 19.7. The van der Waals surface area contributed by atoms with Gasteiger partial charge in [0.1, 0.15) is 34.4 Å². The molecule has 3 aromatic heterocycles. The van der Waals surface area contributed by atoms with Gasteiger partial charge in [0.15, 0.2) is 17.6 Å². The van der Waals surface area contributed by atoms with Crippen molar-refractivity contribution in [1.82, 2.24) is 19.9 Å². The first-order valence-electron chi connectivity index (χ1n) is 11.4. The lowest BCUT2D eigenvalue weighted by molar-refractivity contribution is 0.0685. The van der Waals surface area contributed by atoms with Crippen LogP contribution in [-0.4, -0.2) is 47.5 Å². The molecule has 1 saturated carbocycles. The van der Waals surface area contributed by atoms with Gasteiger partial charge in [-0.05, 0) is 25.1 Å². The Morgan fingerprint density at radius 2 is 2.05 bits per heavy atom. The lowest BCUT2D eigenvalue weighted by Crippen LogP contribution is -2.37. The number of aromatic nitrogens is 4. The van der Waals surface area contributed by atoms with E-state index < -0.39 is 34.6 Å². The topological polar surface area (TPSA) is 145 Å². The van der Waals surface area contributed by atoms with Gasteiger partial charge in [0.25, 0.3) is 5.92 Å². The van der Waals surface area contributed by atoms with Gasteiger partial charge in [-0.1, -0.05) is 11.8 Å². The highest BCUT2D eigenvalue weighted by Crippen LogP contribution is 2.74. The van der Waals surface area contributed by atoms with E-state index in [1.54, 1.807) is 6.07 Å². The highest BCUT2D eigenvalue weighted by Gasteiger charge is 2.87. The van der Waals surface area contributed by atoms with Crippen molar-refractivity contribution in [1.29, 1.82) is 0 Å². The van der Waals surface area contributed by atoms with Crippen LogP contribution in [0.15, 0.2) is 58.7 Å². The number of oxazole rings is 1. The first kappa shape index (κ1) is 24.4. The number of alkyl halides is 2. The minimum Gasteiger partial charge on any atom is -0.482 e. The van der Waals surface area contributed by atoms with Crippen LogP contribution >= 0.6 is 11.8 Å². The second kappa shape index (κ2) is 8.56. The number of aliphatic hydroxyl groups excluding tert-OH is 1. The van der Waals surface area contributed by atoms with Crippen LogP contribution in [0, 0.1) is 11.7 Å². The summed E-state index contributed by atoms with van der Waals surface area (Å²) in [6.07, 6.45) is 5.76. The maximum Gasteiger partial charge on any atom is 0.272 e. The summed E-state index contributed by atoms with van der Waals surface area (Å²) >= 11 is 0.630. The summed E-state index contributed by atoms with van der Waals surface area (Å²) in [4.78, 5) is 21.1. The Labute approximate surface area is 217 Å². The lowest BCUT2D eigenvalue weighted by Gasteiger charge is -2.32. The Morgan fingerprint density at radius 3 is 2.82 bits per heavy atom. The predicted octanol–water partition coefficient (Wildman–Crippen LogP) is 3.75. The number of nitrogens with zero attached hydrogens (tertiary/aromatic N) is 5. The van der Waals surface area contributed by atoms with Gasteiger partial charge in [-0.15, -0.1) is 0 Å². The van der Waals surface area contributed by atoms with Gasteiger partial charge in [-0.25, -0.2) is 33.1 Å². The van der Waals surface area contributed by atoms with Gasteiger partial charge >= 0.3 is 0 Å². The lowest BCUT2D eigenvalue weighted by atomic mass is 9.85. The SMILES string of the molecule is C[C@]1(c2cc(Nc3ncnc4cc(OCc5ncco5)cnc34)ccc2F)N=C(N)S[C@]2(CO)C1C2(F)F. The summed E-state index contributed by atoms with van der Waals surface area (Å²) in [7, 11) is 0. The van der Waals surface area contributed by atoms with Crippen molar-refractivity contribution < 1.29 is 27.4 Å². The fourth-order valence-electron chi connectivity index (χ4n) is 5.01. The van der Waals surface area contributed by atoms with E-state index in [4.69, 9.17) is 14.9 Å². The Bertz CT molecular complexity index is 1570. The van der Waals surface area contributed by atoms with Gasteiger partial charge in [-0.3, -0.25) is 4.99 Å². The number of hydrogen-bond donors (Lipinski definition) is 3. The highest BCUT2D eigenvalue weighted by molar-refractivity contribution is 8.15. The van der Waals surface area contributed by atoms with E-state index in [1.807, 2.05) is 0 Å². The first-order valence-corrected chi connectivity index (χ1v) is 12.2. The van der Waals surface area contributed by atoms with Crippen LogP contribution in [0.2, 0.25) is 0 Å². The van der Waals surface area contributed by atoms with Crippen molar-refractivity contribution in [2.24, 2.45) is 16.6 Å². The van der Waals surface area contributed by atoms with E-state index in [0.29, 0.717) is 45.9 Å². The molecule has 4 N–H and O–H groups in total. The predicted molar refractivity (Wildman–Crippen MR) is 133 cm³/mol. The number of aliphatic hydroxyl groups is 1. The zero-order valence-corrected chi connectivity index (χ0v) is 20.5. The molecule has 3 atom stereocenters. The quantitative estimate of drug-likeness (QED) is 0.315. The molecule has 6 rings (SSSR count). The fourth-order valence-corrected chi connectivity index (χ4v) is 6.37. The van der Waals surface area contributed by atoms with E-state index in [0.717, 1.165) is 6.07 Å². The molecular weight excluding hydrogens is 523 g/mol. The zero-order chi connectivity index (χ0) is 26.7. The van der Waals surface area contributed by atoms with Crippen LogP contribution in [0.3, 0.4) is 0 Å². The molecule has 1 aliphatic heterocycles. The fraction of sp³-hybridized carbons (Fsp3) is 0.292. The third-order valence-electron chi connectivity index (χ3n) is 6.81. The molecule has 2 aliphatic rings. The molecule has 0 saturated heterocycles. The number of nitrogens with one attached hydrogen (secondary N) is 1. The van der Waals surface area contributed by atoms with Crippen LogP contribution in [0.4, 0.5) is 24.7 Å². The maximum atomic E-state index is 15.1. The number of halogens is 3. The molecular formula is C24H20F3N7O3S. The Hall–Kier alpha value is -3.91. The molecule has 4 heterocycles. The molecule has 1 fully saturated rings. The van der Waals surface area contributed by atoms with Gasteiger partial charge < -0.3 is 25.3 Å². The standard InChI is InChI=1S/C24H20F3N7O3S/c1-22(20-23(10-35,24(20,26)27)38-21(28)34-22)14-6-12(2-3-15(14)25)33-19-18-16(31-11-32-19)7-13(8-30-18)37-9-17-29-4-5-36-17/h2-8,11,20,35H,9-10H2,1H3,(H2,28,34)(H,31,32,33)/t20?,22-,23-/m1/s1. The van der Waals surface area contributed by atoms with Crippen LogP contribution in [0.5, 0.6) is 5.75 Å². The Balaban J connectivity index is 1.31. The smallest absolute Gasteiger partial charge is 0.272 e. The average molecular weight is 544 g/mol. The second-order valence-corrected chi connectivity index (χ2v) is 10.4. The molecule has 4 aromatic rings. The molecule has 0 bridgehead atoms. The van der Waals surface area contributed by atoms with Crippen LogP contribution in [0.1, 0.15) is 18.4 Å². The first-order chi connectivity index (χ1) is 18.2. The van der Waals surface area contributed by atoms with Crippen molar-refractivity contribution in [3.8, 4) is 5.75 Å². The largest absolute Gasteiger partial charge is 0.482 e. The minimum absolute atomic E-state index is 0.0840. The normalized spacial score (nSPS) is 25.5. The number of nitrogens with two attached hydrogens (primary N) is 1. The third kappa shape index (κ3) is 3.66. The molecule has 14 heteroatoms. The molecule has 10 nitrogen and oxygen atoms in total. The molecule has 0 radical (unpaired) electrons. The van der Waals surface area contributed by atoms with Crippen molar-refractivity contribution in [3.63, 3.8) is 0 Å². The molecule has 1 aromatic carbocycles. The monoisotopic (exact) mass is 543 g/mol. The van der Waals surface area contributed by atoms with Gasteiger partial charge in [0, 0.05) is 17.3 Å². The number of benzene rings is 1. The van der Waals surface area contributed by atoms with Crippen LogP contribution in [-0.2, 0) is 12.1 Å². The van der Waals surface area contributed by atoms with Crippen molar-refractivity contribution in [2.75, 3.05) is 11.9 Å². The molecule has 1 aliphatic carbocycles. The van der Waals surface area contributed by atoms with Crippen LogP contribution in [0.25, 0.3) is 11.0 Å². The Kier molecular flexibility index (Phi) is 5.50. The van der Waals surface area contributed by atoms with E-state index >= 15 is 4.39 Å². The number of ether oxygens (including phenoxy) is 1. The number of hydrogen-bond acceptors (Lipinski definition) is 11. The number of anilines is 2. The summed E-state index contributed by atoms with van der Waals surface area (Å²) in [5.41, 5.74) is 5.31. The van der Waals surface area contributed by atoms with Crippen molar-refractivity contribution in [2.45, 2.75) is 29.7 Å². The number of rotatable bonds is 7. The van der Waals surface area contributed by atoms with Crippen LogP contribution < -0.4 is 15.8 Å². The molecule has 38 heavy (non-hydrogen) atoms. The summed E-state index contributed by atoms with van der Waals surface area (Å²) in [5.74, 6) is -4.32. The molecule has 0 spiro atoms. The Morgan fingerprint density at radius 1 is 1.21 bits per heavy atom.